The number of piperazine rings is 1. The molecule has 2 aromatic heterocycles. The smallest absolute Gasteiger partial charge is 0.410 e. The standard InChI is InChI=1S/C30H31BrCl2N6O4/c1-17-15-37(11-12-38(17)29(41)43-30(2,3)4)23-10-9-18(13-24(23)42-5)35-28-34-14-19-25(36-28)20(31)16-39(27(19)40)26-21(32)7-6-8-22(26)33/h6-10,13-14,16-17H,11-12,15H2,1-5H3,(H,34,35,36)/t17-/m1/s1. The van der Waals surface area contributed by atoms with E-state index in [1.54, 1.807) is 36.4 Å². The molecular weight excluding hydrogens is 659 g/mol. The molecule has 0 aliphatic carbocycles. The predicted octanol–water partition coefficient (Wildman–Crippen LogP) is 7.05. The van der Waals surface area contributed by atoms with Crippen LogP contribution in [-0.4, -0.2) is 63.9 Å². The number of pyridine rings is 1. The van der Waals surface area contributed by atoms with Crippen molar-refractivity contribution in [3.63, 3.8) is 0 Å². The number of ether oxygens (including phenoxy) is 2. The molecule has 1 fully saturated rings. The quantitative estimate of drug-likeness (QED) is 0.238. The summed E-state index contributed by atoms with van der Waals surface area (Å²) in [6.45, 7) is 9.38. The maximum Gasteiger partial charge on any atom is 0.410 e. The van der Waals surface area contributed by atoms with Crippen molar-refractivity contribution in [3.05, 3.63) is 73.7 Å². The number of nitrogens with zero attached hydrogens (tertiary/aromatic N) is 5. The van der Waals surface area contributed by atoms with Crippen LogP contribution < -0.4 is 20.5 Å². The van der Waals surface area contributed by atoms with Crippen LogP contribution in [-0.2, 0) is 4.74 Å². The zero-order valence-electron chi connectivity index (χ0n) is 24.3. The van der Waals surface area contributed by atoms with Crippen LogP contribution in [0, 0.1) is 0 Å². The van der Waals surface area contributed by atoms with Gasteiger partial charge < -0.3 is 24.6 Å². The molecule has 43 heavy (non-hydrogen) atoms. The van der Waals surface area contributed by atoms with Crippen LogP contribution in [0.15, 0.2) is 58.1 Å². The van der Waals surface area contributed by atoms with Gasteiger partial charge in [-0.1, -0.05) is 29.3 Å². The highest BCUT2D eigenvalue weighted by atomic mass is 79.9. The Balaban J connectivity index is 1.36. The average Bonchev–Trinajstić information content (AvgIpc) is 2.94. The summed E-state index contributed by atoms with van der Waals surface area (Å²) in [5, 5.41) is 4.19. The first-order valence-corrected chi connectivity index (χ1v) is 15.1. The first-order valence-electron chi connectivity index (χ1n) is 13.6. The summed E-state index contributed by atoms with van der Waals surface area (Å²) < 4.78 is 13.3. The molecule has 0 radical (unpaired) electrons. The van der Waals surface area contributed by atoms with Crippen LogP contribution in [0.4, 0.5) is 22.1 Å². The number of carbonyl (C=O) groups is 1. The number of para-hydroxylation sites is 1. The van der Waals surface area contributed by atoms with Gasteiger partial charge in [-0.25, -0.2) is 14.8 Å². The minimum absolute atomic E-state index is 0.0471. The van der Waals surface area contributed by atoms with Crippen LogP contribution in [0.2, 0.25) is 10.0 Å². The third kappa shape index (κ3) is 6.53. The van der Waals surface area contributed by atoms with E-state index in [0.717, 1.165) is 5.69 Å². The van der Waals surface area contributed by atoms with E-state index >= 15 is 0 Å². The highest BCUT2D eigenvalue weighted by Crippen LogP contribution is 2.34. The van der Waals surface area contributed by atoms with Gasteiger partial charge in [0, 0.05) is 49.8 Å². The zero-order valence-corrected chi connectivity index (χ0v) is 27.4. The summed E-state index contributed by atoms with van der Waals surface area (Å²) in [5.74, 6) is 0.958. The number of nitrogens with one attached hydrogen (secondary N) is 1. The second-order valence-electron chi connectivity index (χ2n) is 11.2. The zero-order chi connectivity index (χ0) is 31.1. The van der Waals surface area contributed by atoms with Gasteiger partial charge in [0.25, 0.3) is 5.56 Å². The monoisotopic (exact) mass is 688 g/mol. The van der Waals surface area contributed by atoms with Gasteiger partial charge in [0.2, 0.25) is 5.95 Å². The minimum Gasteiger partial charge on any atom is -0.495 e. The average molecular weight is 690 g/mol. The number of anilines is 3. The van der Waals surface area contributed by atoms with Crippen LogP contribution in [0.25, 0.3) is 16.6 Å². The lowest BCUT2D eigenvalue weighted by atomic mass is 10.1. The van der Waals surface area contributed by atoms with E-state index in [1.807, 2.05) is 45.9 Å². The maximum atomic E-state index is 13.3. The van der Waals surface area contributed by atoms with Gasteiger partial charge in [-0.05, 0) is 67.9 Å². The molecule has 0 saturated carbocycles. The Bertz CT molecular complexity index is 1740. The van der Waals surface area contributed by atoms with E-state index in [1.165, 1.54) is 10.8 Å². The molecule has 1 saturated heterocycles. The molecule has 0 unspecified atom stereocenters. The molecule has 0 spiro atoms. The van der Waals surface area contributed by atoms with Gasteiger partial charge in [-0.3, -0.25) is 9.36 Å². The van der Waals surface area contributed by atoms with Crippen LogP contribution >= 0.6 is 39.1 Å². The highest BCUT2D eigenvalue weighted by molar-refractivity contribution is 9.10. The fourth-order valence-electron chi connectivity index (χ4n) is 4.94. The molecule has 1 atom stereocenters. The van der Waals surface area contributed by atoms with Gasteiger partial charge in [0.05, 0.1) is 43.9 Å². The molecule has 1 aliphatic rings. The number of methoxy groups -OCH3 is 1. The molecule has 10 nitrogen and oxygen atoms in total. The lowest BCUT2D eigenvalue weighted by Crippen LogP contribution is -2.55. The van der Waals surface area contributed by atoms with Gasteiger partial charge >= 0.3 is 6.09 Å². The number of carbonyl (C=O) groups excluding carboxylic acids is 1. The summed E-state index contributed by atoms with van der Waals surface area (Å²) in [4.78, 5) is 38.9. The van der Waals surface area contributed by atoms with Crippen LogP contribution in [0.1, 0.15) is 27.7 Å². The first-order chi connectivity index (χ1) is 20.4. The summed E-state index contributed by atoms with van der Waals surface area (Å²) in [6.07, 6.45) is 2.76. The molecule has 0 bridgehead atoms. The fraction of sp³-hybridized carbons (Fsp3) is 0.333. The van der Waals surface area contributed by atoms with E-state index in [-0.39, 0.29) is 17.7 Å². The molecule has 1 N–H and O–H groups in total. The van der Waals surface area contributed by atoms with Crippen LogP contribution in [0.5, 0.6) is 5.75 Å². The Morgan fingerprint density at radius 3 is 2.51 bits per heavy atom. The molecule has 3 heterocycles. The molecular formula is C30H31BrCl2N6O4. The van der Waals surface area contributed by atoms with Gasteiger partial charge in [-0.2, -0.15) is 0 Å². The predicted molar refractivity (Wildman–Crippen MR) is 174 cm³/mol. The lowest BCUT2D eigenvalue weighted by molar-refractivity contribution is 0.0159. The number of benzene rings is 2. The highest BCUT2D eigenvalue weighted by Gasteiger charge is 2.31. The fourth-order valence-corrected chi connectivity index (χ4v) is 6.03. The number of rotatable bonds is 5. The van der Waals surface area contributed by atoms with E-state index < -0.39 is 5.60 Å². The number of hydrogen-bond acceptors (Lipinski definition) is 8. The Hall–Kier alpha value is -3.54. The third-order valence-corrected chi connectivity index (χ3v) is 8.11. The number of aromatic nitrogens is 3. The van der Waals surface area contributed by atoms with E-state index in [4.69, 9.17) is 32.7 Å². The van der Waals surface area contributed by atoms with Gasteiger partial charge in [-0.15, -0.1) is 0 Å². The Kier molecular flexibility index (Phi) is 8.78. The van der Waals surface area contributed by atoms with Gasteiger partial charge in [0.1, 0.15) is 11.4 Å². The molecule has 4 aromatic rings. The van der Waals surface area contributed by atoms with Crippen molar-refractivity contribution in [3.8, 4) is 11.4 Å². The molecule has 2 aromatic carbocycles. The molecule has 226 valence electrons. The van der Waals surface area contributed by atoms with Crippen molar-refractivity contribution in [1.29, 1.82) is 0 Å². The number of hydrogen-bond donors (Lipinski definition) is 1. The van der Waals surface area contributed by atoms with Crippen molar-refractivity contribution in [2.24, 2.45) is 0 Å². The summed E-state index contributed by atoms with van der Waals surface area (Å²) in [7, 11) is 1.61. The van der Waals surface area contributed by atoms with Crippen molar-refractivity contribution < 1.29 is 14.3 Å². The Morgan fingerprint density at radius 1 is 1.14 bits per heavy atom. The number of amides is 1. The number of fused-ring (bicyclic) bond motifs is 1. The summed E-state index contributed by atoms with van der Waals surface area (Å²) >= 11 is 16.2. The first kappa shape index (κ1) is 30.9. The van der Waals surface area contributed by atoms with E-state index in [0.29, 0.717) is 68.1 Å². The molecule has 13 heteroatoms. The molecule has 1 aliphatic heterocycles. The third-order valence-electron chi connectivity index (χ3n) is 6.92. The minimum atomic E-state index is -0.547. The SMILES string of the molecule is COc1cc(Nc2ncc3c(=O)n(-c4c(Cl)cccc4Cl)cc(Br)c3n2)ccc1N1CCN(C(=O)OC(C)(C)C)[C@H](C)C1. The van der Waals surface area contributed by atoms with Crippen molar-refractivity contribution in [1.82, 2.24) is 19.4 Å². The molecule has 1 amide bonds. The van der Waals surface area contributed by atoms with Crippen molar-refractivity contribution >= 4 is 73.5 Å². The van der Waals surface area contributed by atoms with Crippen molar-refractivity contribution in [2.45, 2.75) is 39.3 Å². The maximum absolute atomic E-state index is 13.3. The van der Waals surface area contributed by atoms with Crippen molar-refractivity contribution in [2.75, 3.05) is 37.0 Å². The Labute approximate surface area is 267 Å². The molecule has 5 rings (SSSR count). The largest absolute Gasteiger partial charge is 0.495 e. The second kappa shape index (κ2) is 12.2. The second-order valence-corrected chi connectivity index (χ2v) is 12.8. The Morgan fingerprint density at radius 2 is 1.86 bits per heavy atom. The van der Waals surface area contributed by atoms with E-state index in [2.05, 4.69) is 36.1 Å². The normalized spacial score (nSPS) is 15.5. The van der Waals surface area contributed by atoms with E-state index in [9.17, 15) is 9.59 Å². The lowest BCUT2D eigenvalue weighted by Gasteiger charge is -2.41. The topological polar surface area (TPSA) is 102 Å². The summed E-state index contributed by atoms with van der Waals surface area (Å²) in [6, 6.07) is 10.7. The number of halogens is 3. The van der Waals surface area contributed by atoms with Gasteiger partial charge in [0.15, 0.2) is 0 Å². The van der Waals surface area contributed by atoms with Crippen LogP contribution in [0.3, 0.4) is 0 Å². The summed E-state index contributed by atoms with van der Waals surface area (Å²) in [5.41, 5.74) is 1.52.